The van der Waals surface area contributed by atoms with Gasteiger partial charge in [-0.05, 0) is 24.1 Å². The molecule has 1 heterocycles. The van der Waals surface area contributed by atoms with Crippen molar-refractivity contribution >= 4 is 35.0 Å². The van der Waals surface area contributed by atoms with Crippen LogP contribution in [0.3, 0.4) is 0 Å². The summed E-state index contributed by atoms with van der Waals surface area (Å²) >= 11 is 1.11. The molecule has 1 aliphatic heterocycles. The van der Waals surface area contributed by atoms with Gasteiger partial charge in [-0.25, -0.2) is 0 Å². The molecule has 1 atom stereocenters. The Hall–Kier alpha value is -3.64. The van der Waals surface area contributed by atoms with Crippen molar-refractivity contribution in [3.63, 3.8) is 0 Å². The Kier molecular flexibility index (Phi) is 5.95. The number of anilines is 1. The van der Waals surface area contributed by atoms with Gasteiger partial charge in [0.1, 0.15) is 16.7 Å². The Balaban J connectivity index is 2.02. The lowest BCUT2D eigenvalue weighted by molar-refractivity contribution is -0.384. The molecule has 0 spiro atoms. The van der Waals surface area contributed by atoms with Crippen LogP contribution in [0.1, 0.15) is 5.56 Å². The summed E-state index contributed by atoms with van der Waals surface area (Å²) in [5.74, 6) is -0.876. The van der Waals surface area contributed by atoms with Crippen LogP contribution in [-0.2, 0) is 16.0 Å². The lowest BCUT2D eigenvalue weighted by Crippen LogP contribution is -2.31. The third-order valence-electron chi connectivity index (χ3n) is 4.29. The number of nitro benzene ring substituents is 1. The Morgan fingerprint density at radius 1 is 1.28 bits per heavy atom. The molecule has 0 bridgehead atoms. The Bertz CT molecular complexity index is 1050. The molecule has 2 aromatic carbocycles. The maximum absolute atomic E-state index is 13.2. The summed E-state index contributed by atoms with van der Waals surface area (Å²) in [5, 5.41) is 22.6. The van der Waals surface area contributed by atoms with Crippen molar-refractivity contribution in [2.75, 3.05) is 11.9 Å². The fraction of sp³-hybridized carbons (Fsp3) is 0.150. The number of non-ortho nitro benzene ring substituents is 1. The van der Waals surface area contributed by atoms with Crippen molar-refractivity contribution in [1.29, 1.82) is 5.26 Å². The number of rotatable bonds is 5. The second kappa shape index (κ2) is 8.58. The number of nitro groups is 1. The van der Waals surface area contributed by atoms with Crippen LogP contribution in [0.5, 0.6) is 0 Å². The summed E-state index contributed by atoms with van der Waals surface area (Å²) in [4.78, 5) is 37.2. The molecule has 29 heavy (non-hydrogen) atoms. The molecule has 1 N–H and O–H groups in total. The third kappa shape index (κ3) is 4.12. The number of amides is 2. The molecule has 1 aliphatic rings. The number of nitrogens with one attached hydrogen (secondary N) is 1. The monoisotopic (exact) mass is 408 g/mol. The standard InChI is InChI=1S/C20H16N4O4S/c1-22-18(25)16(12-21)20-23(14-7-3-2-4-8-14)19(26)17(29-20)11-13-6-5-9-15(10-13)24(27)28/h2-10,17H,11H2,1H3,(H,22,25)/b20-16-. The largest absolute Gasteiger partial charge is 0.354 e. The zero-order chi connectivity index (χ0) is 21.0. The van der Waals surface area contributed by atoms with Gasteiger partial charge >= 0.3 is 0 Å². The van der Waals surface area contributed by atoms with E-state index in [-0.39, 0.29) is 28.6 Å². The van der Waals surface area contributed by atoms with E-state index in [9.17, 15) is 25.0 Å². The van der Waals surface area contributed by atoms with E-state index in [2.05, 4.69) is 5.32 Å². The van der Waals surface area contributed by atoms with Crippen LogP contribution in [0.15, 0.2) is 65.2 Å². The molecule has 1 fully saturated rings. The molecule has 1 unspecified atom stereocenters. The number of likely N-dealkylation sites (N-methyl/N-ethyl adjacent to an activating group) is 1. The number of benzene rings is 2. The second-order valence-electron chi connectivity index (χ2n) is 6.12. The molecular formula is C20H16N4O4S. The van der Waals surface area contributed by atoms with Crippen molar-refractivity contribution < 1.29 is 14.5 Å². The first-order valence-corrected chi connectivity index (χ1v) is 9.49. The van der Waals surface area contributed by atoms with Crippen molar-refractivity contribution in [3.8, 4) is 6.07 Å². The van der Waals surface area contributed by atoms with Crippen LogP contribution in [0, 0.1) is 21.4 Å². The van der Waals surface area contributed by atoms with Crippen molar-refractivity contribution in [1.82, 2.24) is 5.32 Å². The predicted octanol–water partition coefficient (Wildman–Crippen LogP) is 2.77. The highest BCUT2D eigenvalue weighted by molar-refractivity contribution is 8.05. The van der Waals surface area contributed by atoms with Crippen LogP contribution in [-0.4, -0.2) is 29.0 Å². The first-order valence-electron chi connectivity index (χ1n) is 8.61. The number of hydrogen-bond acceptors (Lipinski definition) is 6. The zero-order valence-corrected chi connectivity index (χ0v) is 16.2. The van der Waals surface area contributed by atoms with Gasteiger partial charge in [0.05, 0.1) is 10.2 Å². The van der Waals surface area contributed by atoms with Gasteiger partial charge in [-0.1, -0.05) is 42.1 Å². The summed E-state index contributed by atoms with van der Waals surface area (Å²) in [5.41, 5.74) is 0.948. The fourth-order valence-corrected chi connectivity index (χ4v) is 4.24. The van der Waals surface area contributed by atoms with Gasteiger partial charge < -0.3 is 5.32 Å². The predicted molar refractivity (Wildman–Crippen MR) is 109 cm³/mol. The van der Waals surface area contributed by atoms with Crippen LogP contribution in [0.2, 0.25) is 0 Å². The molecular weight excluding hydrogens is 392 g/mol. The van der Waals surface area contributed by atoms with Crippen molar-refractivity contribution in [2.24, 2.45) is 0 Å². The Labute approximate surface area is 171 Å². The van der Waals surface area contributed by atoms with E-state index in [1.165, 1.54) is 24.1 Å². The molecule has 3 rings (SSSR count). The van der Waals surface area contributed by atoms with Crippen molar-refractivity contribution in [3.05, 3.63) is 80.9 Å². The Morgan fingerprint density at radius 3 is 2.62 bits per heavy atom. The van der Waals surface area contributed by atoms with Gasteiger partial charge in [-0.2, -0.15) is 5.26 Å². The van der Waals surface area contributed by atoms with Gasteiger partial charge in [-0.15, -0.1) is 0 Å². The number of nitriles is 1. The maximum atomic E-state index is 13.2. The zero-order valence-electron chi connectivity index (χ0n) is 15.4. The minimum absolute atomic E-state index is 0.0586. The first-order chi connectivity index (χ1) is 14.0. The van der Waals surface area contributed by atoms with Crippen LogP contribution >= 0.6 is 11.8 Å². The van der Waals surface area contributed by atoms with E-state index in [0.29, 0.717) is 11.3 Å². The van der Waals surface area contributed by atoms with E-state index in [1.807, 2.05) is 6.07 Å². The molecule has 9 heteroatoms. The molecule has 0 radical (unpaired) electrons. The van der Waals surface area contributed by atoms with E-state index >= 15 is 0 Å². The van der Waals surface area contributed by atoms with E-state index < -0.39 is 16.1 Å². The molecule has 0 aromatic heterocycles. The van der Waals surface area contributed by atoms with Crippen LogP contribution in [0.4, 0.5) is 11.4 Å². The third-order valence-corrected chi connectivity index (χ3v) is 5.55. The SMILES string of the molecule is CNC(=O)/C(C#N)=C1\SC(Cc2cccc([N+](=O)[O-])c2)C(=O)N1c1ccccc1. The van der Waals surface area contributed by atoms with Crippen molar-refractivity contribution in [2.45, 2.75) is 11.7 Å². The summed E-state index contributed by atoms with van der Waals surface area (Å²) < 4.78 is 0. The summed E-state index contributed by atoms with van der Waals surface area (Å²) in [7, 11) is 1.41. The maximum Gasteiger partial charge on any atom is 0.269 e. The second-order valence-corrected chi connectivity index (χ2v) is 7.31. The topological polar surface area (TPSA) is 116 Å². The minimum atomic E-state index is -0.625. The quantitative estimate of drug-likeness (QED) is 0.352. The highest BCUT2D eigenvalue weighted by Gasteiger charge is 2.40. The number of carbonyl (C=O) groups is 2. The molecule has 2 aromatic rings. The lowest BCUT2D eigenvalue weighted by Gasteiger charge is -2.18. The Morgan fingerprint density at radius 2 is 2.00 bits per heavy atom. The number of carbonyl (C=O) groups excluding carboxylic acids is 2. The number of hydrogen-bond donors (Lipinski definition) is 1. The highest BCUT2D eigenvalue weighted by atomic mass is 32.2. The summed E-state index contributed by atoms with van der Waals surface area (Å²) in [6.07, 6.45) is 0.227. The molecule has 2 amide bonds. The average molecular weight is 408 g/mol. The van der Waals surface area contributed by atoms with Gasteiger partial charge in [0.15, 0.2) is 0 Å². The number of thioether (sulfide) groups is 1. The average Bonchev–Trinajstić information content (AvgIpc) is 3.05. The summed E-state index contributed by atoms with van der Waals surface area (Å²) in [6, 6.07) is 16.7. The highest BCUT2D eigenvalue weighted by Crippen LogP contribution is 2.41. The van der Waals surface area contributed by atoms with E-state index in [0.717, 1.165) is 11.8 Å². The summed E-state index contributed by atoms with van der Waals surface area (Å²) in [6.45, 7) is 0. The van der Waals surface area contributed by atoms with Gasteiger partial charge in [-0.3, -0.25) is 24.6 Å². The van der Waals surface area contributed by atoms with Crippen LogP contribution < -0.4 is 10.2 Å². The number of nitrogens with zero attached hydrogens (tertiary/aromatic N) is 3. The van der Waals surface area contributed by atoms with Gasteiger partial charge in [0, 0.05) is 24.9 Å². The molecule has 0 aliphatic carbocycles. The first kappa shape index (κ1) is 20.1. The fourth-order valence-electron chi connectivity index (χ4n) is 2.93. The van der Waals surface area contributed by atoms with E-state index in [1.54, 1.807) is 42.5 Å². The molecule has 146 valence electrons. The normalized spacial score (nSPS) is 17.6. The van der Waals surface area contributed by atoms with E-state index in [4.69, 9.17) is 0 Å². The smallest absolute Gasteiger partial charge is 0.269 e. The molecule has 1 saturated heterocycles. The van der Waals surface area contributed by atoms with Crippen LogP contribution in [0.25, 0.3) is 0 Å². The number of para-hydroxylation sites is 1. The molecule has 0 saturated carbocycles. The molecule has 8 nitrogen and oxygen atoms in total. The van der Waals surface area contributed by atoms with Gasteiger partial charge in [0.2, 0.25) is 5.91 Å². The lowest BCUT2D eigenvalue weighted by atomic mass is 10.1. The van der Waals surface area contributed by atoms with Gasteiger partial charge in [0.25, 0.3) is 11.6 Å². The minimum Gasteiger partial charge on any atom is -0.354 e.